The summed E-state index contributed by atoms with van der Waals surface area (Å²) in [5, 5.41) is 13.0. The van der Waals surface area contributed by atoms with E-state index in [0.717, 1.165) is 9.13 Å². The Morgan fingerprint density at radius 1 is 1.35 bits per heavy atom. The van der Waals surface area contributed by atoms with E-state index in [1.807, 2.05) is 24.3 Å². The van der Waals surface area contributed by atoms with E-state index in [1.54, 1.807) is 12.1 Å². The van der Waals surface area contributed by atoms with Crippen LogP contribution in [0.25, 0.3) is 0 Å². The zero-order valence-electron chi connectivity index (χ0n) is 14.2. The molecule has 2 aromatic carbocycles. The summed E-state index contributed by atoms with van der Waals surface area (Å²) in [7, 11) is 2.79. The smallest absolute Gasteiger partial charge is 0.427 e. The second kappa shape index (κ2) is 9.62. The minimum absolute atomic E-state index is 0.243. The number of halogens is 1. The van der Waals surface area contributed by atoms with Gasteiger partial charge in [-0.1, -0.05) is 18.2 Å². The molecule has 0 saturated carbocycles. The van der Waals surface area contributed by atoms with Gasteiger partial charge in [-0.25, -0.2) is 10.2 Å². The van der Waals surface area contributed by atoms with Gasteiger partial charge in [0, 0.05) is 5.56 Å². The van der Waals surface area contributed by atoms with Crippen molar-refractivity contribution in [1.82, 2.24) is 5.43 Å². The molecule has 8 heteroatoms. The van der Waals surface area contributed by atoms with Crippen LogP contribution in [0.4, 0.5) is 4.79 Å². The summed E-state index contributed by atoms with van der Waals surface area (Å²) in [6, 6.07) is 13.0. The van der Waals surface area contributed by atoms with Crippen molar-refractivity contribution < 1.29 is 19.0 Å². The third-order valence-electron chi connectivity index (χ3n) is 3.32. The van der Waals surface area contributed by atoms with Crippen LogP contribution in [0.15, 0.2) is 41.5 Å². The van der Waals surface area contributed by atoms with Crippen LogP contribution < -0.4 is 14.9 Å². The number of nitrogens with one attached hydrogen (secondary N) is 1. The maximum Gasteiger partial charge on any atom is 0.427 e. The van der Waals surface area contributed by atoms with Crippen molar-refractivity contribution in [1.29, 1.82) is 5.26 Å². The standard InChI is InChI=1S/C18H16IN3O4/c1-24-16-8-12(10-21-22-18(23)25-2)7-15(19)17(16)26-11-14-6-4-3-5-13(14)9-20/h3-8,10H,11H2,1-2H3,(H,22,23)/b21-10+. The van der Waals surface area contributed by atoms with Gasteiger partial charge in [-0.3, -0.25) is 0 Å². The number of hydrogen-bond donors (Lipinski definition) is 1. The Balaban J connectivity index is 2.19. The highest BCUT2D eigenvalue weighted by molar-refractivity contribution is 14.1. The minimum atomic E-state index is -0.654. The summed E-state index contributed by atoms with van der Waals surface area (Å²) < 4.78 is 16.5. The molecule has 0 aliphatic heterocycles. The molecule has 7 nitrogen and oxygen atoms in total. The SMILES string of the molecule is COC(=O)N/N=C/c1cc(I)c(OCc2ccccc2C#N)c(OC)c1. The zero-order chi connectivity index (χ0) is 18.9. The molecule has 2 aromatic rings. The first-order chi connectivity index (χ1) is 12.6. The van der Waals surface area contributed by atoms with Crippen LogP contribution in [0.2, 0.25) is 0 Å². The van der Waals surface area contributed by atoms with E-state index in [4.69, 9.17) is 14.7 Å². The third-order valence-corrected chi connectivity index (χ3v) is 4.12. The van der Waals surface area contributed by atoms with E-state index >= 15 is 0 Å². The van der Waals surface area contributed by atoms with E-state index in [9.17, 15) is 4.79 Å². The number of nitrogens with zero attached hydrogens (tertiary/aromatic N) is 2. The molecule has 134 valence electrons. The largest absolute Gasteiger partial charge is 0.493 e. The Hall–Kier alpha value is -2.80. The van der Waals surface area contributed by atoms with Gasteiger partial charge in [0.1, 0.15) is 6.61 Å². The van der Waals surface area contributed by atoms with Crippen molar-refractivity contribution >= 4 is 34.9 Å². The molecule has 26 heavy (non-hydrogen) atoms. The van der Waals surface area contributed by atoms with Crippen molar-refractivity contribution in [2.75, 3.05) is 14.2 Å². The molecule has 0 bridgehead atoms. The number of amides is 1. The number of methoxy groups -OCH3 is 2. The van der Waals surface area contributed by atoms with Crippen molar-refractivity contribution in [3.8, 4) is 17.6 Å². The van der Waals surface area contributed by atoms with E-state index in [2.05, 4.69) is 43.9 Å². The number of nitriles is 1. The van der Waals surface area contributed by atoms with Crippen LogP contribution in [0, 0.1) is 14.9 Å². The monoisotopic (exact) mass is 465 g/mol. The number of hydrazone groups is 1. The minimum Gasteiger partial charge on any atom is -0.493 e. The van der Waals surface area contributed by atoms with Crippen LogP contribution in [-0.2, 0) is 11.3 Å². The fourth-order valence-corrected chi connectivity index (χ4v) is 2.85. The first-order valence-electron chi connectivity index (χ1n) is 7.44. The van der Waals surface area contributed by atoms with Gasteiger partial charge in [0.05, 0.1) is 35.6 Å². The molecule has 1 N–H and O–H groups in total. The summed E-state index contributed by atoms with van der Waals surface area (Å²) in [5.74, 6) is 1.09. The molecule has 0 saturated heterocycles. The second-order valence-electron chi connectivity index (χ2n) is 4.95. The Bertz CT molecular complexity index is 862. The molecular formula is C18H16IN3O4. The lowest BCUT2D eigenvalue weighted by molar-refractivity contribution is 0.171. The van der Waals surface area contributed by atoms with Crippen LogP contribution in [0.3, 0.4) is 0 Å². The van der Waals surface area contributed by atoms with E-state index in [0.29, 0.717) is 22.6 Å². The van der Waals surface area contributed by atoms with Crippen LogP contribution in [0.1, 0.15) is 16.7 Å². The molecule has 0 spiro atoms. The fourth-order valence-electron chi connectivity index (χ4n) is 2.06. The van der Waals surface area contributed by atoms with Gasteiger partial charge in [0.2, 0.25) is 0 Å². The number of carbonyl (C=O) groups is 1. The summed E-state index contributed by atoms with van der Waals surface area (Å²) in [6.45, 7) is 0.243. The zero-order valence-corrected chi connectivity index (χ0v) is 16.3. The Morgan fingerprint density at radius 2 is 2.12 bits per heavy atom. The molecule has 0 heterocycles. The molecule has 0 aliphatic carbocycles. The summed E-state index contributed by atoms with van der Waals surface area (Å²) in [4.78, 5) is 11.0. The normalized spacial score (nSPS) is 10.2. The maximum absolute atomic E-state index is 11.0. The third kappa shape index (κ3) is 5.10. The second-order valence-corrected chi connectivity index (χ2v) is 6.12. The lowest BCUT2D eigenvalue weighted by Crippen LogP contribution is -2.16. The highest BCUT2D eigenvalue weighted by Gasteiger charge is 2.12. The van der Waals surface area contributed by atoms with E-state index in [1.165, 1.54) is 20.4 Å². The van der Waals surface area contributed by atoms with Crippen LogP contribution in [-0.4, -0.2) is 26.5 Å². The molecule has 0 aromatic heterocycles. The van der Waals surface area contributed by atoms with Crippen molar-refractivity contribution in [2.24, 2.45) is 5.10 Å². The predicted molar refractivity (Wildman–Crippen MR) is 104 cm³/mol. The van der Waals surface area contributed by atoms with E-state index in [-0.39, 0.29) is 6.61 Å². The molecule has 1 amide bonds. The van der Waals surface area contributed by atoms with Gasteiger partial charge in [-0.05, 0) is 46.4 Å². The van der Waals surface area contributed by atoms with Gasteiger partial charge in [0.25, 0.3) is 0 Å². The number of hydrogen-bond acceptors (Lipinski definition) is 6. The number of ether oxygens (including phenoxy) is 3. The van der Waals surface area contributed by atoms with Crippen molar-refractivity contribution in [3.63, 3.8) is 0 Å². The van der Waals surface area contributed by atoms with Gasteiger partial charge in [-0.2, -0.15) is 10.4 Å². The number of benzene rings is 2. The average molecular weight is 465 g/mol. The lowest BCUT2D eigenvalue weighted by Gasteiger charge is -2.14. The van der Waals surface area contributed by atoms with Crippen molar-refractivity contribution in [3.05, 3.63) is 56.7 Å². The van der Waals surface area contributed by atoms with Crippen LogP contribution in [0.5, 0.6) is 11.5 Å². The first kappa shape index (κ1) is 19.5. The highest BCUT2D eigenvalue weighted by Crippen LogP contribution is 2.34. The van der Waals surface area contributed by atoms with Crippen molar-refractivity contribution in [2.45, 2.75) is 6.61 Å². The molecule has 0 fully saturated rings. The Morgan fingerprint density at radius 3 is 2.81 bits per heavy atom. The molecule has 2 rings (SSSR count). The van der Waals surface area contributed by atoms with Gasteiger partial charge >= 0.3 is 6.09 Å². The molecule has 0 aliphatic rings. The predicted octanol–water partition coefficient (Wildman–Crippen LogP) is 3.44. The quantitative estimate of drug-likeness (QED) is 0.401. The molecule has 0 radical (unpaired) electrons. The van der Waals surface area contributed by atoms with Gasteiger partial charge in [0.15, 0.2) is 11.5 Å². The highest BCUT2D eigenvalue weighted by atomic mass is 127. The Kier molecular flexibility index (Phi) is 7.23. The lowest BCUT2D eigenvalue weighted by atomic mass is 10.1. The first-order valence-corrected chi connectivity index (χ1v) is 8.52. The van der Waals surface area contributed by atoms with E-state index < -0.39 is 6.09 Å². The molecular weight excluding hydrogens is 449 g/mol. The average Bonchev–Trinajstić information content (AvgIpc) is 2.66. The summed E-state index contributed by atoms with van der Waals surface area (Å²) >= 11 is 2.12. The number of carbonyl (C=O) groups excluding carboxylic acids is 1. The van der Waals surface area contributed by atoms with Crippen LogP contribution >= 0.6 is 22.6 Å². The maximum atomic E-state index is 11.0. The Labute approximate surface area is 164 Å². The fraction of sp³-hybridized carbons (Fsp3) is 0.167. The number of rotatable bonds is 6. The van der Waals surface area contributed by atoms with Gasteiger partial charge in [-0.15, -0.1) is 0 Å². The summed E-state index contributed by atoms with van der Waals surface area (Å²) in [6.07, 6.45) is 0.815. The topological polar surface area (TPSA) is 92.9 Å². The van der Waals surface area contributed by atoms with Gasteiger partial charge < -0.3 is 14.2 Å². The molecule has 0 unspecified atom stereocenters. The summed E-state index contributed by atoms with van der Waals surface area (Å²) in [5.41, 5.74) is 4.29. The molecule has 0 atom stereocenters.